The van der Waals surface area contributed by atoms with E-state index in [0.717, 1.165) is 17.9 Å². The van der Waals surface area contributed by atoms with Crippen LogP contribution < -0.4 is 0 Å². The zero-order valence-electron chi connectivity index (χ0n) is 18.1. The van der Waals surface area contributed by atoms with Crippen molar-refractivity contribution in [1.29, 1.82) is 0 Å². The van der Waals surface area contributed by atoms with Gasteiger partial charge >= 0.3 is 0 Å². The molecule has 3 nitrogen and oxygen atoms in total. The fraction of sp³-hybridized carbons (Fsp3) is 0.846. The highest BCUT2D eigenvalue weighted by molar-refractivity contribution is 5.31. The van der Waals surface area contributed by atoms with Gasteiger partial charge in [-0.1, -0.05) is 24.3 Å². The normalized spacial score (nSPS) is 59.9. The first-order valence-corrected chi connectivity index (χ1v) is 12.9. The number of ether oxygens (including phenoxy) is 1. The van der Waals surface area contributed by atoms with Crippen molar-refractivity contribution < 1.29 is 9.22 Å². The second-order valence-corrected chi connectivity index (χ2v) is 11.6. The summed E-state index contributed by atoms with van der Waals surface area (Å²) < 4.78 is 8.74. The van der Waals surface area contributed by atoms with Crippen LogP contribution >= 0.6 is 0 Å². The Balaban J connectivity index is 1.39. The van der Waals surface area contributed by atoms with Crippen molar-refractivity contribution in [2.45, 2.75) is 94.5 Å². The third-order valence-corrected chi connectivity index (χ3v) is 10.6. The maximum Gasteiger partial charge on any atom is 0.139 e. The summed E-state index contributed by atoms with van der Waals surface area (Å²) in [6, 6.07) is 1.54. The molecular weight excluding hydrogens is 356 g/mol. The lowest BCUT2D eigenvalue weighted by atomic mass is 9.41. The molecule has 0 amide bonds. The molecule has 11 aliphatic rings. The quantitative estimate of drug-likeness (QED) is 0.438. The van der Waals surface area contributed by atoms with Crippen LogP contribution in [0.2, 0.25) is 0 Å². The van der Waals surface area contributed by atoms with Crippen LogP contribution in [0.3, 0.4) is 0 Å². The van der Waals surface area contributed by atoms with Gasteiger partial charge in [-0.15, -0.1) is 0 Å². The van der Waals surface area contributed by atoms with E-state index in [1.807, 2.05) is 0 Å². The van der Waals surface area contributed by atoms with Gasteiger partial charge in [-0.05, 0) is 70.1 Å². The van der Waals surface area contributed by atoms with Crippen LogP contribution in [-0.4, -0.2) is 59.5 Å². The summed E-state index contributed by atoms with van der Waals surface area (Å²) >= 11 is 0. The number of hydrogen-bond acceptors (Lipinski definition) is 2. The van der Waals surface area contributed by atoms with Crippen molar-refractivity contribution in [1.82, 2.24) is 4.90 Å². The molecule has 3 heteroatoms. The molecule has 10 heterocycles. The van der Waals surface area contributed by atoms with Crippen LogP contribution in [0.15, 0.2) is 24.3 Å². The fourth-order valence-corrected chi connectivity index (χ4v) is 10.1. The lowest BCUT2D eigenvalue weighted by Gasteiger charge is -2.76. The Labute approximate surface area is 176 Å². The number of fused-ring (bicyclic) bond motifs is 1. The van der Waals surface area contributed by atoms with E-state index < -0.39 is 0 Å². The molecule has 11 rings (SSSR count). The third-order valence-electron chi connectivity index (χ3n) is 10.6. The van der Waals surface area contributed by atoms with E-state index in [1.54, 1.807) is 0 Å². The van der Waals surface area contributed by atoms with Gasteiger partial charge in [0.15, 0.2) is 0 Å². The zero-order chi connectivity index (χ0) is 19.1. The Morgan fingerprint density at radius 1 is 0.862 bits per heavy atom. The highest BCUT2D eigenvalue weighted by Crippen LogP contribution is 2.75. The van der Waals surface area contributed by atoms with E-state index in [0.29, 0.717) is 17.7 Å². The number of nitrogens with zero attached hydrogens (tertiary/aromatic N) is 2. The molecule has 0 radical (unpaired) electrons. The Hall–Kier alpha value is -0.640. The van der Waals surface area contributed by atoms with E-state index in [-0.39, 0.29) is 5.60 Å². The van der Waals surface area contributed by atoms with Gasteiger partial charge in [-0.25, -0.2) is 0 Å². The Morgan fingerprint density at radius 2 is 1.66 bits per heavy atom. The molecule has 0 N–H and O–H groups in total. The first kappa shape index (κ1) is 18.0. The van der Waals surface area contributed by atoms with Crippen LogP contribution in [0.5, 0.6) is 0 Å². The Bertz CT molecular complexity index is 747. The van der Waals surface area contributed by atoms with E-state index in [9.17, 15) is 0 Å². The summed E-state index contributed by atoms with van der Waals surface area (Å²) in [5.74, 6) is 1.78. The minimum Gasteiger partial charge on any atom is -0.348 e. The largest absolute Gasteiger partial charge is 0.348 e. The van der Waals surface area contributed by atoms with Crippen molar-refractivity contribution in [3.63, 3.8) is 0 Å². The summed E-state index contributed by atoms with van der Waals surface area (Å²) in [7, 11) is 0. The van der Waals surface area contributed by atoms with Crippen molar-refractivity contribution in [2.24, 2.45) is 17.3 Å². The molecular formula is C26H39N2O+. The lowest BCUT2D eigenvalue weighted by molar-refractivity contribution is -0.993. The van der Waals surface area contributed by atoms with Crippen molar-refractivity contribution in [3.05, 3.63) is 24.3 Å². The monoisotopic (exact) mass is 395 g/mol. The SMILES string of the molecule is C1=C\CC[C@]23C[N@@+]45CCCC/C=C\CC[C@]67O[C@H]([C@H]([C@H]64)[C@@H]2CC5)N(CCCC/1)[C@H]37. The topological polar surface area (TPSA) is 12.5 Å². The van der Waals surface area contributed by atoms with Crippen molar-refractivity contribution in [3.8, 4) is 0 Å². The van der Waals surface area contributed by atoms with Gasteiger partial charge in [0.2, 0.25) is 0 Å². The Morgan fingerprint density at radius 3 is 2.55 bits per heavy atom. The van der Waals surface area contributed by atoms with Gasteiger partial charge in [0.05, 0.1) is 31.6 Å². The summed E-state index contributed by atoms with van der Waals surface area (Å²) in [5, 5.41) is 0. The number of hydrogen-bond donors (Lipinski definition) is 0. The average molecular weight is 396 g/mol. The van der Waals surface area contributed by atoms with E-state index >= 15 is 0 Å². The van der Waals surface area contributed by atoms with Crippen LogP contribution in [-0.2, 0) is 4.74 Å². The molecule has 9 fully saturated rings. The van der Waals surface area contributed by atoms with Gasteiger partial charge in [0, 0.05) is 18.4 Å². The van der Waals surface area contributed by atoms with E-state index in [2.05, 4.69) is 29.2 Å². The minimum absolute atomic E-state index is 0.164. The molecule has 0 aromatic carbocycles. The molecule has 1 unspecified atom stereocenters. The van der Waals surface area contributed by atoms with Crippen molar-refractivity contribution in [2.75, 3.05) is 26.2 Å². The number of piperidine rings is 6. The maximum atomic E-state index is 7.29. The second kappa shape index (κ2) is 6.20. The molecule has 9 bridgehead atoms. The van der Waals surface area contributed by atoms with Crippen LogP contribution in [0, 0.1) is 17.3 Å². The molecule has 9 atom stereocenters. The summed E-state index contributed by atoms with van der Waals surface area (Å²) in [6.45, 7) is 5.67. The molecule has 1 aliphatic carbocycles. The van der Waals surface area contributed by atoms with Gasteiger partial charge in [-0.2, -0.15) is 0 Å². The molecule has 158 valence electrons. The summed E-state index contributed by atoms with van der Waals surface area (Å²) in [4.78, 5) is 2.95. The number of rotatable bonds is 0. The fourth-order valence-electron chi connectivity index (χ4n) is 10.1. The average Bonchev–Trinajstić information content (AvgIpc) is 3.20. The summed E-state index contributed by atoms with van der Waals surface area (Å²) in [5.41, 5.74) is 0.689. The molecule has 3 spiro atoms. The van der Waals surface area contributed by atoms with Gasteiger partial charge in [0.25, 0.3) is 0 Å². The molecule has 10 aliphatic heterocycles. The molecule has 29 heavy (non-hydrogen) atoms. The smallest absolute Gasteiger partial charge is 0.139 e. The number of quaternary nitrogens is 1. The maximum absolute atomic E-state index is 7.29. The number of allylic oxidation sites excluding steroid dienone is 4. The van der Waals surface area contributed by atoms with Gasteiger partial charge in [-0.3, -0.25) is 4.90 Å². The second-order valence-electron chi connectivity index (χ2n) is 11.6. The highest BCUT2D eigenvalue weighted by atomic mass is 16.6. The predicted molar refractivity (Wildman–Crippen MR) is 115 cm³/mol. The zero-order valence-corrected chi connectivity index (χ0v) is 18.1. The van der Waals surface area contributed by atoms with E-state index in [4.69, 9.17) is 4.74 Å². The molecule has 0 aromatic rings. The summed E-state index contributed by atoms with van der Waals surface area (Å²) in [6.07, 6.45) is 25.3. The third kappa shape index (κ3) is 2.11. The van der Waals surface area contributed by atoms with Crippen LogP contribution in [0.25, 0.3) is 0 Å². The Kier molecular flexibility index (Phi) is 3.85. The highest BCUT2D eigenvalue weighted by Gasteiger charge is 2.88. The van der Waals surface area contributed by atoms with Crippen LogP contribution in [0.1, 0.15) is 70.6 Å². The standard InChI is InChI=1S/C26H39N2O/c1-3-7-11-16-27-23-21-20-13-18-28-17-12-8-4-2-6-10-15-26(29-23,22(21)28)24(27)25(20,19-28)14-9-5-1/h1-2,5-6,20-24H,3-4,7-19H2/q+1/b5-1-,6-2-/t20-,21-,22+,23+,24+,25-,26-,28-/m0/s1. The first-order chi connectivity index (χ1) is 14.3. The molecule has 8 saturated heterocycles. The minimum atomic E-state index is 0.164. The van der Waals surface area contributed by atoms with E-state index in [1.165, 1.54) is 101 Å². The lowest BCUT2D eigenvalue weighted by Crippen LogP contribution is -2.91. The van der Waals surface area contributed by atoms with Crippen LogP contribution in [0.4, 0.5) is 0 Å². The molecule has 0 aromatic heterocycles. The first-order valence-electron chi connectivity index (χ1n) is 12.9. The van der Waals surface area contributed by atoms with Gasteiger partial charge in [0.1, 0.15) is 17.9 Å². The molecule has 1 saturated carbocycles. The van der Waals surface area contributed by atoms with Gasteiger partial charge < -0.3 is 9.22 Å². The van der Waals surface area contributed by atoms with Crippen molar-refractivity contribution >= 4 is 0 Å². The predicted octanol–water partition coefficient (Wildman–Crippen LogP) is 4.64.